The summed E-state index contributed by atoms with van der Waals surface area (Å²) in [6.07, 6.45) is 0. The molecule has 2 aromatic carbocycles. The number of benzene rings is 2. The SMILES string of the molecule is [C-]#[N+]c1ccc(COc2cc(C)c3c(oc(=O)c4cc(OCc5ccc(C#N)o5)c(C)cc43)c2C)o1. The van der Waals surface area contributed by atoms with Gasteiger partial charge < -0.3 is 22.7 Å². The summed E-state index contributed by atoms with van der Waals surface area (Å²) in [4.78, 5) is 16.3. The minimum absolute atomic E-state index is 0.124. The molecule has 178 valence electrons. The van der Waals surface area contributed by atoms with Crippen molar-refractivity contribution in [2.24, 2.45) is 0 Å². The van der Waals surface area contributed by atoms with Gasteiger partial charge in [0.15, 0.2) is 0 Å². The Morgan fingerprint density at radius 1 is 0.889 bits per heavy atom. The van der Waals surface area contributed by atoms with Gasteiger partial charge in [0.25, 0.3) is 0 Å². The smallest absolute Gasteiger partial charge is 0.345 e. The van der Waals surface area contributed by atoms with Crippen molar-refractivity contribution in [2.75, 3.05) is 0 Å². The maximum atomic E-state index is 13.0. The Balaban J connectivity index is 1.51. The number of furan rings is 2. The van der Waals surface area contributed by atoms with E-state index in [-0.39, 0.29) is 24.9 Å². The van der Waals surface area contributed by atoms with E-state index in [9.17, 15) is 4.79 Å². The number of aryl methyl sites for hydroxylation is 3. The highest BCUT2D eigenvalue weighted by Crippen LogP contribution is 2.36. The molecule has 0 fully saturated rings. The number of nitrogens with zero attached hydrogens (tertiary/aromatic N) is 2. The fourth-order valence-corrected chi connectivity index (χ4v) is 4.15. The zero-order valence-electron chi connectivity index (χ0n) is 19.8. The van der Waals surface area contributed by atoms with Crippen LogP contribution in [0, 0.1) is 38.7 Å². The van der Waals surface area contributed by atoms with Crippen molar-refractivity contribution in [3.05, 3.63) is 98.3 Å². The molecule has 0 radical (unpaired) electrons. The second kappa shape index (κ2) is 9.01. The number of hydrogen-bond donors (Lipinski definition) is 0. The van der Waals surface area contributed by atoms with Crippen LogP contribution in [0.1, 0.15) is 34.0 Å². The Morgan fingerprint density at radius 2 is 1.61 bits per heavy atom. The molecule has 0 bridgehead atoms. The van der Waals surface area contributed by atoms with E-state index in [1.165, 1.54) is 0 Å². The van der Waals surface area contributed by atoms with E-state index in [4.69, 9.17) is 34.6 Å². The highest BCUT2D eigenvalue weighted by atomic mass is 16.5. The molecule has 0 saturated heterocycles. The summed E-state index contributed by atoms with van der Waals surface area (Å²) in [5.41, 5.74) is 2.38. The lowest BCUT2D eigenvalue weighted by Crippen LogP contribution is -2.05. The predicted octanol–water partition coefficient (Wildman–Crippen LogP) is 6.64. The number of ether oxygens (including phenoxy) is 2. The molecule has 0 unspecified atom stereocenters. The average Bonchev–Trinajstić information content (AvgIpc) is 3.53. The fraction of sp³-hybridized carbons (Fsp3) is 0.179. The van der Waals surface area contributed by atoms with Gasteiger partial charge in [0, 0.05) is 16.3 Å². The van der Waals surface area contributed by atoms with Crippen LogP contribution in [0.5, 0.6) is 11.5 Å². The van der Waals surface area contributed by atoms with Crippen LogP contribution in [0.3, 0.4) is 0 Å². The van der Waals surface area contributed by atoms with Crippen LogP contribution in [0.2, 0.25) is 0 Å². The highest BCUT2D eigenvalue weighted by Gasteiger charge is 2.18. The third-order valence-electron chi connectivity index (χ3n) is 5.95. The number of hydrogen-bond acceptors (Lipinski definition) is 7. The van der Waals surface area contributed by atoms with Crippen LogP contribution in [0.4, 0.5) is 5.88 Å². The molecule has 0 N–H and O–H groups in total. The Hall–Kier alpha value is -4.95. The quantitative estimate of drug-likeness (QED) is 0.152. The summed E-state index contributed by atoms with van der Waals surface area (Å²) in [6, 6.07) is 14.0. The van der Waals surface area contributed by atoms with Crippen molar-refractivity contribution in [2.45, 2.75) is 34.0 Å². The van der Waals surface area contributed by atoms with E-state index in [1.807, 2.05) is 39.0 Å². The van der Waals surface area contributed by atoms with E-state index in [0.717, 1.165) is 21.9 Å². The molecule has 0 aliphatic rings. The second-order valence-electron chi connectivity index (χ2n) is 8.38. The molecule has 5 aromatic rings. The molecule has 0 atom stereocenters. The van der Waals surface area contributed by atoms with Gasteiger partial charge in [-0.1, -0.05) is 0 Å². The predicted molar refractivity (Wildman–Crippen MR) is 131 cm³/mol. The summed E-state index contributed by atoms with van der Waals surface area (Å²) < 4.78 is 28.3. The molecular formula is C28H20N2O6. The van der Waals surface area contributed by atoms with Gasteiger partial charge in [-0.3, -0.25) is 0 Å². The Morgan fingerprint density at radius 3 is 2.31 bits per heavy atom. The van der Waals surface area contributed by atoms with Crippen LogP contribution in [-0.2, 0) is 13.2 Å². The van der Waals surface area contributed by atoms with Crippen LogP contribution in [0.15, 0.2) is 60.5 Å². The Labute approximate surface area is 205 Å². The standard InChI is InChI=1S/C28H20N2O6/c1-15-9-21-22(11-23(15)32-13-19-6-5-18(12-29)34-19)28(31)36-27-17(3)24(10-16(2)26(21)27)33-14-20-7-8-25(30-4)35-20/h5-11H,13-14H2,1-3H3. The number of nitriles is 1. The molecule has 8 nitrogen and oxygen atoms in total. The molecule has 0 saturated carbocycles. The van der Waals surface area contributed by atoms with Gasteiger partial charge in [-0.05, 0) is 74.4 Å². The molecular weight excluding hydrogens is 460 g/mol. The van der Waals surface area contributed by atoms with Gasteiger partial charge in [0.2, 0.25) is 5.76 Å². The van der Waals surface area contributed by atoms with Gasteiger partial charge in [-0.25, -0.2) is 4.79 Å². The normalized spacial score (nSPS) is 10.9. The van der Waals surface area contributed by atoms with Gasteiger partial charge in [-0.15, -0.1) is 0 Å². The van der Waals surface area contributed by atoms with Crippen molar-refractivity contribution in [1.29, 1.82) is 5.26 Å². The molecule has 36 heavy (non-hydrogen) atoms. The van der Waals surface area contributed by atoms with Gasteiger partial charge in [-0.2, -0.15) is 10.1 Å². The summed E-state index contributed by atoms with van der Waals surface area (Å²) in [5, 5.41) is 10.9. The van der Waals surface area contributed by atoms with E-state index in [0.29, 0.717) is 39.6 Å². The summed E-state index contributed by atoms with van der Waals surface area (Å²) >= 11 is 0. The zero-order chi connectivity index (χ0) is 25.4. The third kappa shape index (κ3) is 4.06. The molecule has 0 amide bonds. The first-order valence-corrected chi connectivity index (χ1v) is 11.1. The van der Waals surface area contributed by atoms with Crippen molar-refractivity contribution in [3.8, 4) is 17.6 Å². The largest absolute Gasteiger partial charge is 0.485 e. The van der Waals surface area contributed by atoms with Crippen molar-refractivity contribution in [3.63, 3.8) is 0 Å². The third-order valence-corrected chi connectivity index (χ3v) is 5.95. The van der Waals surface area contributed by atoms with Gasteiger partial charge in [0.05, 0.1) is 12.0 Å². The topological polar surface area (TPSA) is 103 Å². The Kier molecular flexibility index (Phi) is 5.71. The Bertz CT molecular complexity index is 1770. The van der Waals surface area contributed by atoms with Gasteiger partial charge >= 0.3 is 11.5 Å². The molecule has 0 aliphatic heterocycles. The molecule has 8 heteroatoms. The second-order valence-corrected chi connectivity index (χ2v) is 8.38. The first kappa shape index (κ1) is 22.8. The zero-order valence-corrected chi connectivity index (χ0v) is 19.8. The first-order valence-electron chi connectivity index (χ1n) is 11.1. The molecule has 3 aromatic heterocycles. The van der Waals surface area contributed by atoms with Crippen LogP contribution < -0.4 is 15.1 Å². The maximum absolute atomic E-state index is 13.0. The molecule has 0 aliphatic carbocycles. The molecule has 3 heterocycles. The van der Waals surface area contributed by atoms with Crippen molar-refractivity contribution < 1.29 is 22.7 Å². The summed E-state index contributed by atoms with van der Waals surface area (Å²) in [7, 11) is 0. The van der Waals surface area contributed by atoms with E-state index in [2.05, 4.69) is 4.85 Å². The highest BCUT2D eigenvalue weighted by molar-refractivity contribution is 6.08. The fourth-order valence-electron chi connectivity index (χ4n) is 4.15. The minimum Gasteiger partial charge on any atom is -0.485 e. The van der Waals surface area contributed by atoms with Crippen molar-refractivity contribution >= 4 is 27.6 Å². The van der Waals surface area contributed by atoms with Gasteiger partial charge in [0.1, 0.15) is 47.9 Å². The van der Waals surface area contributed by atoms with E-state index in [1.54, 1.807) is 30.3 Å². The molecule has 5 rings (SSSR count). The minimum atomic E-state index is -0.487. The van der Waals surface area contributed by atoms with Crippen LogP contribution in [-0.4, -0.2) is 0 Å². The summed E-state index contributed by atoms with van der Waals surface area (Å²) in [6.45, 7) is 13.0. The average molecular weight is 480 g/mol. The summed E-state index contributed by atoms with van der Waals surface area (Å²) in [5.74, 6) is 2.54. The van der Waals surface area contributed by atoms with E-state index >= 15 is 0 Å². The lowest BCUT2D eigenvalue weighted by molar-refractivity contribution is 0.268. The first-order chi connectivity index (χ1) is 17.4. The lowest BCUT2D eigenvalue weighted by Gasteiger charge is -2.15. The van der Waals surface area contributed by atoms with Crippen molar-refractivity contribution in [1.82, 2.24) is 0 Å². The number of fused-ring (bicyclic) bond motifs is 3. The molecule has 0 spiro atoms. The van der Waals surface area contributed by atoms with Crippen LogP contribution >= 0.6 is 0 Å². The van der Waals surface area contributed by atoms with Crippen LogP contribution in [0.25, 0.3) is 26.6 Å². The number of rotatable bonds is 6. The lowest BCUT2D eigenvalue weighted by atomic mass is 9.98. The monoisotopic (exact) mass is 480 g/mol. The maximum Gasteiger partial charge on any atom is 0.345 e. The van der Waals surface area contributed by atoms with E-state index < -0.39 is 5.63 Å².